The third-order valence-corrected chi connectivity index (χ3v) is 0.823. The van der Waals surface area contributed by atoms with Gasteiger partial charge in [0, 0.05) is 14.1 Å². The number of rotatable bonds is 1. The molecule has 0 spiro atoms. The second-order valence-corrected chi connectivity index (χ2v) is 5.40. The Balaban J connectivity index is 0. The van der Waals surface area contributed by atoms with Gasteiger partial charge in [-0.2, -0.15) is 0 Å². The molecular formula is C11H25NO2. The molecule has 0 aliphatic heterocycles. The van der Waals surface area contributed by atoms with Crippen molar-refractivity contribution in [2.75, 3.05) is 14.1 Å². The summed E-state index contributed by atoms with van der Waals surface area (Å²) < 4.78 is 5.62. The first-order valence-electron chi connectivity index (χ1n) is 4.80. The van der Waals surface area contributed by atoms with Gasteiger partial charge in [-0.25, -0.2) is 0 Å². The first-order valence-corrected chi connectivity index (χ1v) is 4.80. The van der Waals surface area contributed by atoms with E-state index in [9.17, 15) is 4.79 Å². The van der Waals surface area contributed by atoms with Crippen molar-refractivity contribution < 1.29 is 9.53 Å². The Morgan fingerprint density at radius 3 is 1.14 bits per heavy atom. The molecule has 0 aliphatic rings. The lowest BCUT2D eigenvalue weighted by Crippen LogP contribution is -2.31. The van der Waals surface area contributed by atoms with E-state index in [2.05, 4.69) is 41.5 Å². The van der Waals surface area contributed by atoms with Crippen LogP contribution in [0.15, 0.2) is 0 Å². The monoisotopic (exact) mass is 203 g/mol. The van der Waals surface area contributed by atoms with Crippen LogP contribution >= 0.6 is 0 Å². The molecule has 0 aromatic carbocycles. The highest BCUT2D eigenvalue weighted by Gasteiger charge is 2.19. The van der Waals surface area contributed by atoms with Crippen LogP contribution in [0.2, 0.25) is 0 Å². The smallest absolute Gasteiger partial charge is 0.209 e. The molecule has 0 atom stereocenters. The molecule has 3 heteroatoms. The number of amides is 1. The summed E-state index contributed by atoms with van der Waals surface area (Å²) in [5.74, 6) is 0. The molecule has 0 heterocycles. The quantitative estimate of drug-likeness (QED) is 0.612. The number of hydrogen-bond acceptors (Lipinski definition) is 2. The molecule has 0 fully saturated rings. The average Bonchev–Trinajstić information content (AvgIpc) is 1.80. The van der Waals surface area contributed by atoms with E-state index >= 15 is 0 Å². The van der Waals surface area contributed by atoms with Gasteiger partial charge in [0.25, 0.3) is 0 Å². The maximum absolute atomic E-state index is 9.43. The lowest BCUT2D eigenvalue weighted by molar-refractivity contribution is -0.115. The largest absolute Gasteiger partial charge is 0.370 e. The van der Waals surface area contributed by atoms with Crippen molar-refractivity contribution in [1.82, 2.24) is 4.90 Å². The molecule has 14 heavy (non-hydrogen) atoms. The molecule has 0 unspecified atom stereocenters. The van der Waals surface area contributed by atoms with E-state index < -0.39 is 0 Å². The summed E-state index contributed by atoms with van der Waals surface area (Å²) in [7, 11) is 3.38. The summed E-state index contributed by atoms with van der Waals surface area (Å²) in [5.41, 5.74) is -0.0312. The van der Waals surface area contributed by atoms with E-state index in [0.29, 0.717) is 0 Å². The lowest BCUT2D eigenvalue weighted by atomic mass is 10.1. The molecule has 0 radical (unpaired) electrons. The van der Waals surface area contributed by atoms with Crippen LogP contribution in [0.5, 0.6) is 0 Å². The van der Waals surface area contributed by atoms with Gasteiger partial charge >= 0.3 is 0 Å². The van der Waals surface area contributed by atoms with E-state index in [1.807, 2.05) is 0 Å². The van der Waals surface area contributed by atoms with Crippen molar-refractivity contribution in [3.63, 3.8) is 0 Å². The molecule has 0 aromatic heterocycles. The first kappa shape index (κ1) is 15.9. The molecule has 0 bridgehead atoms. The highest BCUT2D eigenvalue weighted by Crippen LogP contribution is 2.17. The van der Waals surface area contributed by atoms with Crippen molar-refractivity contribution >= 4 is 6.41 Å². The first-order chi connectivity index (χ1) is 5.98. The standard InChI is InChI=1S/C8H18O.C3H7NO/c1-7(2,3)9-8(4,5)6;1-4(2)3-5/h1-6H3;3H,1-2H3. The minimum Gasteiger partial charge on any atom is -0.370 e. The molecule has 0 aromatic rings. The Kier molecular flexibility index (Phi) is 6.82. The molecule has 1 amide bonds. The predicted molar refractivity (Wildman–Crippen MR) is 60.3 cm³/mol. The van der Waals surface area contributed by atoms with Gasteiger partial charge in [-0.05, 0) is 41.5 Å². The van der Waals surface area contributed by atoms with Gasteiger partial charge in [0.05, 0.1) is 11.2 Å². The maximum atomic E-state index is 9.43. The predicted octanol–water partition coefficient (Wildman–Crippen LogP) is 2.30. The average molecular weight is 203 g/mol. The summed E-state index contributed by atoms with van der Waals surface area (Å²) in [5, 5.41) is 0. The molecule has 3 nitrogen and oxygen atoms in total. The van der Waals surface area contributed by atoms with Crippen molar-refractivity contribution in [3.05, 3.63) is 0 Å². The van der Waals surface area contributed by atoms with E-state index in [-0.39, 0.29) is 11.2 Å². The van der Waals surface area contributed by atoms with Crippen LogP contribution in [-0.2, 0) is 9.53 Å². The van der Waals surface area contributed by atoms with Crippen LogP contribution in [0.1, 0.15) is 41.5 Å². The summed E-state index contributed by atoms with van der Waals surface area (Å²) in [4.78, 5) is 10.9. The number of carbonyl (C=O) groups excluding carboxylic acids is 1. The van der Waals surface area contributed by atoms with Crippen LogP contribution in [0.3, 0.4) is 0 Å². The Morgan fingerprint density at radius 2 is 1.14 bits per heavy atom. The molecule has 0 aliphatic carbocycles. The molecular weight excluding hydrogens is 178 g/mol. The normalized spacial score (nSPS) is 11.4. The fourth-order valence-corrected chi connectivity index (χ4v) is 0.919. The highest BCUT2D eigenvalue weighted by atomic mass is 16.5. The van der Waals surface area contributed by atoms with Crippen LogP contribution in [0.25, 0.3) is 0 Å². The Bertz CT molecular complexity index is 140. The zero-order valence-corrected chi connectivity index (χ0v) is 10.8. The Hall–Kier alpha value is -0.570. The zero-order chi connectivity index (χ0) is 12.0. The van der Waals surface area contributed by atoms with Crippen LogP contribution in [0, 0.1) is 0 Å². The van der Waals surface area contributed by atoms with Crippen LogP contribution in [-0.4, -0.2) is 36.6 Å². The van der Waals surface area contributed by atoms with Crippen LogP contribution < -0.4 is 0 Å². The van der Waals surface area contributed by atoms with Gasteiger partial charge < -0.3 is 9.64 Å². The number of hydrogen-bond donors (Lipinski definition) is 0. The molecule has 0 N–H and O–H groups in total. The number of ether oxygens (including phenoxy) is 1. The second-order valence-electron chi connectivity index (χ2n) is 5.40. The van der Waals surface area contributed by atoms with E-state index in [4.69, 9.17) is 4.74 Å². The van der Waals surface area contributed by atoms with Gasteiger partial charge in [0.2, 0.25) is 6.41 Å². The summed E-state index contributed by atoms with van der Waals surface area (Å²) >= 11 is 0. The third-order valence-electron chi connectivity index (χ3n) is 0.823. The Morgan fingerprint density at radius 1 is 0.929 bits per heavy atom. The van der Waals surface area contributed by atoms with Gasteiger partial charge in [0.1, 0.15) is 0 Å². The third kappa shape index (κ3) is 22.5. The SMILES string of the molecule is CC(C)(C)OC(C)(C)C.CN(C)C=O. The summed E-state index contributed by atoms with van der Waals surface area (Å²) in [6, 6.07) is 0. The van der Waals surface area contributed by atoms with Gasteiger partial charge in [-0.15, -0.1) is 0 Å². The van der Waals surface area contributed by atoms with Crippen LogP contribution in [0.4, 0.5) is 0 Å². The van der Waals surface area contributed by atoms with Crippen molar-refractivity contribution in [3.8, 4) is 0 Å². The van der Waals surface area contributed by atoms with Gasteiger partial charge in [0.15, 0.2) is 0 Å². The molecule has 0 saturated heterocycles. The van der Waals surface area contributed by atoms with Gasteiger partial charge in [-0.1, -0.05) is 0 Å². The topological polar surface area (TPSA) is 29.5 Å². The van der Waals surface area contributed by atoms with E-state index in [0.717, 1.165) is 6.41 Å². The number of carbonyl (C=O) groups is 1. The Labute approximate surface area is 88.4 Å². The molecule has 0 saturated carbocycles. The zero-order valence-electron chi connectivity index (χ0n) is 10.8. The fourth-order valence-electron chi connectivity index (χ4n) is 0.919. The fraction of sp³-hybridized carbons (Fsp3) is 0.909. The van der Waals surface area contributed by atoms with E-state index in [1.54, 1.807) is 14.1 Å². The highest BCUT2D eigenvalue weighted by molar-refractivity contribution is 5.45. The summed E-state index contributed by atoms with van der Waals surface area (Å²) in [6.45, 7) is 12.4. The number of nitrogens with zero attached hydrogens (tertiary/aromatic N) is 1. The maximum Gasteiger partial charge on any atom is 0.209 e. The molecule has 0 rings (SSSR count). The minimum absolute atomic E-state index is 0.0156. The van der Waals surface area contributed by atoms with E-state index in [1.165, 1.54) is 4.90 Å². The van der Waals surface area contributed by atoms with Crippen molar-refractivity contribution in [1.29, 1.82) is 0 Å². The van der Waals surface area contributed by atoms with Crippen molar-refractivity contribution in [2.45, 2.75) is 52.7 Å². The minimum atomic E-state index is -0.0156. The van der Waals surface area contributed by atoms with Gasteiger partial charge in [-0.3, -0.25) is 4.79 Å². The lowest BCUT2D eigenvalue weighted by Gasteiger charge is -2.30. The van der Waals surface area contributed by atoms with Crippen molar-refractivity contribution in [2.24, 2.45) is 0 Å². The second kappa shape index (κ2) is 6.02. The summed E-state index contributed by atoms with van der Waals surface area (Å²) in [6.07, 6.45) is 0.750. The molecule has 86 valence electrons.